The number of fused-ring (bicyclic) bond motifs is 1. The lowest BCUT2D eigenvalue weighted by Gasteiger charge is -2.34. The fraction of sp³-hybridized carbons (Fsp3) is 0.467. The van der Waals surface area contributed by atoms with Gasteiger partial charge < -0.3 is 14.8 Å². The number of benzene rings is 1. The van der Waals surface area contributed by atoms with E-state index in [0.29, 0.717) is 5.76 Å². The van der Waals surface area contributed by atoms with E-state index in [1.165, 1.54) is 0 Å². The molecule has 0 spiro atoms. The van der Waals surface area contributed by atoms with Crippen LogP contribution < -0.4 is 5.32 Å². The number of para-hydroxylation sites is 1. The normalized spacial score (nSPS) is 24.0. The first-order valence-electron chi connectivity index (χ1n) is 6.60. The predicted molar refractivity (Wildman–Crippen MR) is 71.4 cm³/mol. The summed E-state index contributed by atoms with van der Waals surface area (Å²) in [6.07, 6.45) is 2.15. The molecule has 96 valence electrons. The van der Waals surface area contributed by atoms with E-state index in [1.54, 1.807) is 0 Å². The third kappa shape index (κ3) is 1.93. The molecule has 3 nitrogen and oxygen atoms in total. The molecule has 1 aromatic heterocycles. The van der Waals surface area contributed by atoms with E-state index < -0.39 is 5.60 Å². The van der Waals surface area contributed by atoms with Crippen LogP contribution in [0.2, 0.25) is 0 Å². The van der Waals surface area contributed by atoms with Crippen LogP contribution in [0.3, 0.4) is 0 Å². The third-order valence-corrected chi connectivity index (χ3v) is 4.02. The Bertz CT molecular complexity index is 505. The summed E-state index contributed by atoms with van der Waals surface area (Å²) in [6, 6.07) is 9.85. The molecule has 2 unspecified atom stereocenters. The van der Waals surface area contributed by atoms with Gasteiger partial charge in [-0.1, -0.05) is 18.2 Å². The molecule has 1 fully saturated rings. The summed E-state index contributed by atoms with van der Waals surface area (Å²) in [5, 5.41) is 15.2. The number of aliphatic hydroxyl groups is 1. The van der Waals surface area contributed by atoms with Crippen molar-refractivity contribution in [1.82, 2.24) is 5.32 Å². The molecule has 1 aliphatic rings. The first kappa shape index (κ1) is 11.8. The highest BCUT2D eigenvalue weighted by Gasteiger charge is 2.37. The van der Waals surface area contributed by atoms with Gasteiger partial charge >= 0.3 is 0 Å². The van der Waals surface area contributed by atoms with E-state index >= 15 is 0 Å². The SMILES string of the molecule is CC(O)(c1cc2ccccc2o1)C1CCCNC1. The second kappa shape index (κ2) is 4.41. The molecular formula is C15H19NO2. The molecule has 3 heteroatoms. The van der Waals surface area contributed by atoms with Crippen molar-refractivity contribution in [3.05, 3.63) is 36.1 Å². The molecule has 1 saturated heterocycles. The lowest BCUT2D eigenvalue weighted by Crippen LogP contribution is -2.42. The molecule has 0 bridgehead atoms. The van der Waals surface area contributed by atoms with Crippen LogP contribution in [-0.4, -0.2) is 18.2 Å². The Labute approximate surface area is 107 Å². The van der Waals surface area contributed by atoms with Gasteiger partial charge in [0.05, 0.1) is 0 Å². The maximum absolute atomic E-state index is 10.8. The van der Waals surface area contributed by atoms with E-state index in [4.69, 9.17) is 4.42 Å². The van der Waals surface area contributed by atoms with Crippen molar-refractivity contribution in [2.45, 2.75) is 25.4 Å². The van der Waals surface area contributed by atoms with Gasteiger partial charge in [0.2, 0.25) is 0 Å². The number of hydrogen-bond acceptors (Lipinski definition) is 3. The van der Waals surface area contributed by atoms with Gasteiger partial charge in [0, 0.05) is 17.8 Å². The van der Waals surface area contributed by atoms with Crippen molar-refractivity contribution in [2.24, 2.45) is 5.92 Å². The molecule has 3 rings (SSSR count). The first-order valence-corrected chi connectivity index (χ1v) is 6.60. The zero-order chi connectivity index (χ0) is 12.6. The molecule has 0 aliphatic carbocycles. The fourth-order valence-corrected chi connectivity index (χ4v) is 2.76. The van der Waals surface area contributed by atoms with Gasteiger partial charge in [0.25, 0.3) is 0 Å². The molecule has 0 amide bonds. The van der Waals surface area contributed by atoms with Crippen LogP contribution in [-0.2, 0) is 5.60 Å². The van der Waals surface area contributed by atoms with Crippen LogP contribution in [0.15, 0.2) is 34.7 Å². The van der Waals surface area contributed by atoms with Crippen molar-refractivity contribution in [2.75, 3.05) is 13.1 Å². The van der Waals surface area contributed by atoms with Crippen LogP contribution in [0.1, 0.15) is 25.5 Å². The second-order valence-corrected chi connectivity index (χ2v) is 5.34. The number of piperidine rings is 1. The van der Waals surface area contributed by atoms with E-state index in [-0.39, 0.29) is 5.92 Å². The summed E-state index contributed by atoms with van der Waals surface area (Å²) in [6.45, 7) is 3.76. The van der Waals surface area contributed by atoms with E-state index in [2.05, 4.69) is 5.32 Å². The van der Waals surface area contributed by atoms with E-state index in [1.807, 2.05) is 37.3 Å². The van der Waals surface area contributed by atoms with Gasteiger partial charge in [-0.25, -0.2) is 0 Å². The summed E-state index contributed by atoms with van der Waals surface area (Å²) in [5.41, 5.74) is -0.0524. The molecule has 2 heterocycles. The van der Waals surface area contributed by atoms with Gasteiger partial charge in [-0.2, -0.15) is 0 Å². The zero-order valence-electron chi connectivity index (χ0n) is 10.6. The molecule has 2 aromatic rings. The Kier molecular flexibility index (Phi) is 2.88. The average molecular weight is 245 g/mol. The van der Waals surface area contributed by atoms with Gasteiger partial charge in [0.1, 0.15) is 16.9 Å². The standard InChI is InChI=1S/C15H19NO2/c1-15(17,12-6-4-8-16-10-12)14-9-11-5-2-3-7-13(11)18-14/h2-3,5,7,9,12,16-17H,4,6,8,10H2,1H3. The van der Waals surface area contributed by atoms with Gasteiger partial charge in [-0.05, 0) is 38.4 Å². The van der Waals surface area contributed by atoms with Crippen LogP contribution in [0, 0.1) is 5.92 Å². The zero-order valence-corrected chi connectivity index (χ0v) is 10.6. The van der Waals surface area contributed by atoms with Crippen molar-refractivity contribution < 1.29 is 9.52 Å². The molecule has 0 saturated carbocycles. The Balaban J connectivity index is 1.96. The lowest BCUT2D eigenvalue weighted by molar-refractivity contribution is -0.0324. The highest BCUT2D eigenvalue weighted by Crippen LogP contribution is 2.36. The van der Waals surface area contributed by atoms with Gasteiger partial charge in [-0.3, -0.25) is 0 Å². The minimum atomic E-state index is -0.896. The van der Waals surface area contributed by atoms with Gasteiger partial charge in [-0.15, -0.1) is 0 Å². The first-order chi connectivity index (χ1) is 8.68. The lowest BCUT2D eigenvalue weighted by atomic mass is 9.82. The van der Waals surface area contributed by atoms with Crippen molar-refractivity contribution in [3.8, 4) is 0 Å². The Morgan fingerprint density at radius 1 is 1.39 bits per heavy atom. The third-order valence-electron chi connectivity index (χ3n) is 4.02. The average Bonchev–Trinajstić information content (AvgIpc) is 2.84. The monoisotopic (exact) mass is 245 g/mol. The Morgan fingerprint density at radius 2 is 2.22 bits per heavy atom. The number of rotatable bonds is 2. The molecule has 1 aliphatic heterocycles. The summed E-state index contributed by atoms with van der Waals surface area (Å²) >= 11 is 0. The summed E-state index contributed by atoms with van der Waals surface area (Å²) in [7, 11) is 0. The molecular weight excluding hydrogens is 226 g/mol. The largest absolute Gasteiger partial charge is 0.458 e. The highest BCUT2D eigenvalue weighted by atomic mass is 16.4. The molecule has 18 heavy (non-hydrogen) atoms. The number of hydrogen-bond donors (Lipinski definition) is 2. The Morgan fingerprint density at radius 3 is 2.94 bits per heavy atom. The van der Waals surface area contributed by atoms with E-state index in [9.17, 15) is 5.11 Å². The molecule has 2 atom stereocenters. The Hall–Kier alpha value is -1.32. The number of nitrogens with one attached hydrogen (secondary N) is 1. The van der Waals surface area contributed by atoms with Crippen LogP contribution >= 0.6 is 0 Å². The fourth-order valence-electron chi connectivity index (χ4n) is 2.76. The minimum absolute atomic E-state index is 0.215. The van der Waals surface area contributed by atoms with Crippen molar-refractivity contribution in [3.63, 3.8) is 0 Å². The van der Waals surface area contributed by atoms with E-state index in [0.717, 1.165) is 36.9 Å². The number of furan rings is 1. The quantitative estimate of drug-likeness (QED) is 0.855. The smallest absolute Gasteiger partial charge is 0.136 e. The topological polar surface area (TPSA) is 45.4 Å². The van der Waals surface area contributed by atoms with Crippen LogP contribution in [0.25, 0.3) is 11.0 Å². The summed E-state index contributed by atoms with van der Waals surface area (Å²) in [4.78, 5) is 0. The summed E-state index contributed by atoms with van der Waals surface area (Å²) < 4.78 is 5.81. The minimum Gasteiger partial charge on any atom is -0.458 e. The highest BCUT2D eigenvalue weighted by molar-refractivity contribution is 5.77. The maximum Gasteiger partial charge on any atom is 0.136 e. The predicted octanol–water partition coefficient (Wildman–Crippen LogP) is 2.64. The molecule has 1 aromatic carbocycles. The molecule has 2 N–H and O–H groups in total. The van der Waals surface area contributed by atoms with Crippen molar-refractivity contribution >= 4 is 11.0 Å². The van der Waals surface area contributed by atoms with Crippen LogP contribution in [0.5, 0.6) is 0 Å². The van der Waals surface area contributed by atoms with Crippen molar-refractivity contribution in [1.29, 1.82) is 0 Å². The second-order valence-electron chi connectivity index (χ2n) is 5.34. The van der Waals surface area contributed by atoms with Gasteiger partial charge in [0.15, 0.2) is 0 Å². The van der Waals surface area contributed by atoms with Crippen LogP contribution in [0.4, 0.5) is 0 Å². The maximum atomic E-state index is 10.8. The molecule has 0 radical (unpaired) electrons. The summed E-state index contributed by atoms with van der Waals surface area (Å²) in [5.74, 6) is 0.893.